The first-order valence-corrected chi connectivity index (χ1v) is 5.21. The minimum atomic E-state index is -4.29. The van der Waals surface area contributed by atoms with Crippen molar-refractivity contribution >= 4 is 0 Å². The molecule has 16 heavy (non-hydrogen) atoms. The summed E-state index contributed by atoms with van der Waals surface area (Å²) in [5.41, 5.74) is 5.27. The molecule has 0 radical (unpaired) electrons. The predicted molar refractivity (Wildman–Crippen MR) is 58.1 cm³/mol. The van der Waals surface area contributed by atoms with Crippen LogP contribution in [0.25, 0.3) is 0 Å². The lowest BCUT2D eigenvalue weighted by Gasteiger charge is -2.27. The number of hydrogen-bond acceptors (Lipinski definition) is 1. The molecule has 1 nitrogen and oxygen atoms in total. The second-order valence-electron chi connectivity index (χ2n) is 4.20. The lowest BCUT2D eigenvalue weighted by atomic mass is 9.79. The summed E-state index contributed by atoms with van der Waals surface area (Å²) in [6.45, 7) is 4.14. The molecular weight excluding hydrogens is 215 g/mol. The lowest BCUT2D eigenvalue weighted by Crippen LogP contribution is -2.31. The molecule has 0 saturated carbocycles. The Morgan fingerprint density at radius 2 is 1.75 bits per heavy atom. The summed E-state index contributed by atoms with van der Waals surface area (Å²) in [6.07, 6.45) is -3.58. The highest BCUT2D eigenvalue weighted by Crippen LogP contribution is 2.33. The standard InChI is InChI=1S/C12H16F3N/c1-3-11(2,8-16)9-5-4-6-10(7-9)12(13,14)15/h4-7H,3,8,16H2,1-2H3. The maximum atomic E-state index is 12.5. The van der Waals surface area contributed by atoms with Gasteiger partial charge < -0.3 is 5.73 Å². The van der Waals surface area contributed by atoms with Crippen molar-refractivity contribution in [2.75, 3.05) is 6.54 Å². The van der Waals surface area contributed by atoms with Crippen molar-refractivity contribution in [3.63, 3.8) is 0 Å². The monoisotopic (exact) mass is 231 g/mol. The van der Waals surface area contributed by atoms with Gasteiger partial charge in [0.15, 0.2) is 0 Å². The number of nitrogens with two attached hydrogens (primary N) is 1. The molecule has 0 heterocycles. The molecule has 0 aliphatic rings. The fourth-order valence-corrected chi connectivity index (χ4v) is 1.54. The average Bonchev–Trinajstić information content (AvgIpc) is 2.27. The largest absolute Gasteiger partial charge is 0.416 e. The summed E-state index contributed by atoms with van der Waals surface area (Å²) in [5.74, 6) is 0. The third-order valence-corrected chi connectivity index (χ3v) is 3.12. The quantitative estimate of drug-likeness (QED) is 0.848. The molecule has 0 spiro atoms. The van der Waals surface area contributed by atoms with E-state index in [2.05, 4.69) is 0 Å². The number of hydrogen-bond donors (Lipinski definition) is 1. The molecule has 1 unspecified atom stereocenters. The van der Waals surface area contributed by atoms with Crippen molar-refractivity contribution in [1.29, 1.82) is 0 Å². The van der Waals surface area contributed by atoms with E-state index in [1.807, 2.05) is 13.8 Å². The summed E-state index contributed by atoms with van der Waals surface area (Å²) in [5, 5.41) is 0. The van der Waals surface area contributed by atoms with E-state index in [1.54, 1.807) is 6.07 Å². The van der Waals surface area contributed by atoms with Gasteiger partial charge in [-0.2, -0.15) is 13.2 Å². The van der Waals surface area contributed by atoms with Crippen LogP contribution in [0.2, 0.25) is 0 Å². The van der Waals surface area contributed by atoms with E-state index in [1.165, 1.54) is 12.1 Å². The smallest absolute Gasteiger partial charge is 0.330 e. The van der Waals surface area contributed by atoms with Gasteiger partial charge in [0, 0.05) is 12.0 Å². The number of alkyl halides is 3. The first-order valence-electron chi connectivity index (χ1n) is 5.21. The van der Waals surface area contributed by atoms with E-state index in [4.69, 9.17) is 5.73 Å². The predicted octanol–water partition coefficient (Wildman–Crippen LogP) is 3.33. The molecule has 2 N–H and O–H groups in total. The average molecular weight is 231 g/mol. The Kier molecular flexibility index (Phi) is 3.63. The Bertz CT molecular complexity index is 354. The highest BCUT2D eigenvalue weighted by atomic mass is 19.4. The second-order valence-corrected chi connectivity index (χ2v) is 4.20. The van der Waals surface area contributed by atoms with E-state index in [-0.39, 0.29) is 5.41 Å². The minimum absolute atomic E-state index is 0.338. The van der Waals surface area contributed by atoms with Crippen molar-refractivity contribution < 1.29 is 13.2 Å². The zero-order valence-electron chi connectivity index (χ0n) is 9.43. The first kappa shape index (κ1) is 13.0. The van der Waals surface area contributed by atoms with Gasteiger partial charge in [-0.1, -0.05) is 32.0 Å². The Hall–Kier alpha value is -1.03. The van der Waals surface area contributed by atoms with Crippen molar-refractivity contribution in [2.24, 2.45) is 5.73 Å². The number of benzene rings is 1. The summed E-state index contributed by atoms with van der Waals surface area (Å²) >= 11 is 0. The molecule has 1 atom stereocenters. The van der Waals surface area contributed by atoms with Gasteiger partial charge in [-0.25, -0.2) is 0 Å². The van der Waals surface area contributed by atoms with Gasteiger partial charge in [-0.05, 0) is 18.1 Å². The van der Waals surface area contributed by atoms with Crippen LogP contribution in [-0.2, 0) is 11.6 Å². The van der Waals surface area contributed by atoms with E-state index in [9.17, 15) is 13.2 Å². The molecule has 0 aliphatic heterocycles. The zero-order chi connectivity index (χ0) is 12.4. The van der Waals surface area contributed by atoms with Gasteiger partial charge in [-0.15, -0.1) is 0 Å². The molecule has 1 aromatic rings. The Morgan fingerprint density at radius 3 is 2.19 bits per heavy atom. The minimum Gasteiger partial charge on any atom is -0.330 e. The highest BCUT2D eigenvalue weighted by molar-refractivity contribution is 5.31. The first-order chi connectivity index (χ1) is 7.33. The van der Waals surface area contributed by atoms with Gasteiger partial charge in [0.1, 0.15) is 0 Å². The summed E-state index contributed by atoms with van der Waals surface area (Å²) in [7, 11) is 0. The van der Waals surface area contributed by atoms with Crippen LogP contribution in [0.5, 0.6) is 0 Å². The van der Waals surface area contributed by atoms with Gasteiger partial charge in [0.05, 0.1) is 5.56 Å². The van der Waals surface area contributed by atoms with E-state index < -0.39 is 11.7 Å². The van der Waals surface area contributed by atoms with E-state index >= 15 is 0 Å². The van der Waals surface area contributed by atoms with Crippen LogP contribution < -0.4 is 5.73 Å². The maximum Gasteiger partial charge on any atom is 0.416 e. The van der Waals surface area contributed by atoms with Crippen molar-refractivity contribution in [3.05, 3.63) is 35.4 Å². The van der Waals surface area contributed by atoms with Crippen LogP contribution in [0.3, 0.4) is 0 Å². The number of rotatable bonds is 3. The zero-order valence-corrected chi connectivity index (χ0v) is 9.43. The third-order valence-electron chi connectivity index (χ3n) is 3.12. The molecule has 0 aliphatic carbocycles. The van der Waals surface area contributed by atoms with E-state index in [0.29, 0.717) is 18.5 Å². The highest BCUT2D eigenvalue weighted by Gasteiger charge is 2.32. The Morgan fingerprint density at radius 1 is 1.19 bits per heavy atom. The number of halogens is 3. The van der Waals surface area contributed by atoms with Crippen LogP contribution in [0.15, 0.2) is 24.3 Å². The molecule has 0 amide bonds. The fraction of sp³-hybridized carbons (Fsp3) is 0.500. The van der Waals surface area contributed by atoms with Gasteiger partial charge in [-0.3, -0.25) is 0 Å². The second kappa shape index (κ2) is 4.45. The van der Waals surface area contributed by atoms with Gasteiger partial charge in [0.2, 0.25) is 0 Å². The van der Waals surface area contributed by atoms with Gasteiger partial charge in [0.25, 0.3) is 0 Å². The van der Waals surface area contributed by atoms with Crippen LogP contribution in [-0.4, -0.2) is 6.54 Å². The van der Waals surface area contributed by atoms with Gasteiger partial charge >= 0.3 is 6.18 Å². The SMILES string of the molecule is CCC(C)(CN)c1cccc(C(F)(F)F)c1. The molecule has 0 bridgehead atoms. The van der Waals surface area contributed by atoms with Crippen molar-refractivity contribution in [2.45, 2.75) is 31.9 Å². The maximum absolute atomic E-state index is 12.5. The normalized spacial score (nSPS) is 15.9. The van der Waals surface area contributed by atoms with Crippen molar-refractivity contribution in [3.8, 4) is 0 Å². The Balaban J connectivity index is 3.17. The molecule has 0 aromatic heterocycles. The molecule has 4 heteroatoms. The van der Waals surface area contributed by atoms with Crippen LogP contribution in [0.4, 0.5) is 13.2 Å². The lowest BCUT2D eigenvalue weighted by molar-refractivity contribution is -0.137. The van der Waals surface area contributed by atoms with Crippen LogP contribution >= 0.6 is 0 Å². The van der Waals surface area contributed by atoms with Crippen LogP contribution in [0, 0.1) is 0 Å². The molecule has 1 aromatic carbocycles. The topological polar surface area (TPSA) is 26.0 Å². The fourth-order valence-electron chi connectivity index (χ4n) is 1.54. The molecule has 90 valence electrons. The summed E-state index contributed by atoms with van der Waals surface area (Å²) in [6, 6.07) is 5.40. The molecule has 0 saturated heterocycles. The van der Waals surface area contributed by atoms with Crippen LogP contribution in [0.1, 0.15) is 31.4 Å². The third kappa shape index (κ3) is 2.55. The molecular formula is C12H16F3N. The molecule has 0 fully saturated rings. The molecule has 1 rings (SSSR count). The van der Waals surface area contributed by atoms with E-state index in [0.717, 1.165) is 6.07 Å². The summed E-state index contributed by atoms with van der Waals surface area (Å²) in [4.78, 5) is 0. The summed E-state index contributed by atoms with van der Waals surface area (Å²) < 4.78 is 37.6. The van der Waals surface area contributed by atoms with Crippen molar-refractivity contribution in [1.82, 2.24) is 0 Å². The Labute approximate surface area is 93.5 Å².